The largest absolute Gasteiger partial charge is 0.495 e. The van der Waals surface area contributed by atoms with Crippen molar-refractivity contribution in [2.24, 2.45) is 11.7 Å². The first-order chi connectivity index (χ1) is 10.4. The van der Waals surface area contributed by atoms with Crippen LogP contribution in [0.1, 0.15) is 20.8 Å². The quantitative estimate of drug-likeness (QED) is 0.799. The number of amides is 2. The van der Waals surface area contributed by atoms with Gasteiger partial charge < -0.3 is 20.7 Å². The monoisotopic (exact) mass is 307 g/mol. The lowest BCUT2D eigenvalue weighted by molar-refractivity contribution is -0.136. The topological polar surface area (TPSA) is 84.7 Å². The maximum Gasteiger partial charge on any atom is 0.244 e. The highest BCUT2D eigenvalue weighted by Gasteiger charge is 2.24. The Kier molecular flexibility index (Phi) is 6.85. The number of methoxy groups -OCH3 is 1. The van der Waals surface area contributed by atoms with Gasteiger partial charge in [-0.3, -0.25) is 9.59 Å². The van der Waals surface area contributed by atoms with Gasteiger partial charge in [0.2, 0.25) is 11.8 Å². The highest BCUT2D eigenvalue weighted by molar-refractivity contribution is 5.96. The van der Waals surface area contributed by atoms with Crippen LogP contribution in [0.4, 0.5) is 5.69 Å². The van der Waals surface area contributed by atoms with Crippen molar-refractivity contribution in [1.29, 1.82) is 0 Å². The molecule has 0 aliphatic heterocycles. The third-order valence-corrected chi connectivity index (χ3v) is 3.41. The number of likely N-dealkylation sites (N-methyl/N-ethyl adjacent to an activating group) is 1. The maximum atomic E-state index is 12.2. The van der Waals surface area contributed by atoms with Crippen LogP contribution in [0.5, 0.6) is 5.75 Å². The lowest BCUT2D eigenvalue weighted by Crippen LogP contribution is -2.48. The summed E-state index contributed by atoms with van der Waals surface area (Å²) in [5.74, 6) is 0.103. The third kappa shape index (κ3) is 4.73. The molecule has 6 heteroatoms. The van der Waals surface area contributed by atoms with Gasteiger partial charge in [-0.05, 0) is 25.0 Å². The molecule has 0 unspecified atom stereocenters. The predicted octanol–water partition coefficient (Wildman–Crippen LogP) is 1.47. The van der Waals surface area contributed by atoms with Crippen LogP contribution in [0.3, 0.4) is 0 Å². The molecule has 0 saturated heterocycles. The van der Waals surface area contributed by atoms with E-state index in [1.807, 2.05) is 26.8 Å². The van der Waals surface area contributed by atoms with E-state index >= 15 is 0 Å². The van der Waals surface area contributed by atoms with Crippen molar-refractivity contribution in [3.05, 3.63) is 24.3 Å². The summed E-state index contributed by atoms with van der Waals surface area (Å²) in [5, 5.41) is 2.75. The van der Waals surface area contributed by atoms with E-state index in [1.54, 1.807) is 18.2 Å². The van der Waals surface area contributed by atoms with Crippen LogP contribution in [0.25, 0.3) is 0 Å². The highest BCUT2D eigenvalue weighted by atomic mass is 16.5. The van der Waals surface area contributed by atoms with Crippen LogP contribution >= 0.6 is 0 Å². The fraction of sp³-hybridized carbons (Fsp3) is 0.500. The molecule has 122 valence electrons. The minimum absolute atomic E-state index is 0.0267. The van der Waals surface area contributed by atoms with Crippen LogP contribution < -0.4 is 15.8 Å². The number of nitrogens with one attached hydrogen (secondary N) is 1. The van der Waals surface area contributed by atoms with E-state index in [0.29, 0.717) is 18.0 Å². The molecule has 0 fully saturated rings. The molecule has 6 nitrogen and oxygen atoms in total. The number of nitrogens with two attached hydrogens (primary N) is 1. The summed E-state index contributed by atoms with van der Waals surface area (Å²) < 4.78 is 5.18. The standard InChI is InChI=1S/C16H25N3O3/c1-5-19(16(21)15(17)11(2)3)10-14(20)18-12-8-6-7-9-13(12)22-4/h6-9,11,15H,5,10,17H2,1-4H3,(H,18,20)/t15-/m0/s1. The molecule has 0 aliphatic carbocycles. The van der Waals surface area contributed by atoms with Crippen molar-refractivity contribution < 1.29 is 14.3 Å². The zero-order chi connectivity index (χ0) is 16.7. The average Bonchev–Trinajstić information content (AvgIpc) is 2.51. The van der Waals surface area contributed by atoms with Crippen molar-refractivity contribution in [2.45, 2.75) is 26.8 Å². The van der Waals surface area contributed by atoms with Gasteiger partial charge in [-0.2, -0.15) is 0 Å². The Labute approximate surface area is 131 Å². The smallest absolute Gasteiger partial charge is 0.244 e. The molecule has 3 N–H and O–H groups in total. The summed E-state index contributed by atoms with van der Waals surface area (Å²) in [6.07, 6.45) is 0. The van der Waals surface area contributed by atoms with Crippen molar-refractivity contribution in [3.8, 4) is 5.75 Å². The SMILES string of the molecule is CCN(CC(=O)Nc1ccccc1OC)C(=O)[C@@H](N)C(C)C. The lowest BCUT2D eigenvalue weighted by Gasteiger charge is -2.25. The van der Waals surface area contributed by atoms with Crippen LogP contribution in [0, 0.1) is 5.92 Å². The molecule has 22 heavy (non-hydrogen) atoms. The molecule has 2 amide bonds. The lowest BCUT2D eigenvalue weighted by atomic mass is 10.0. The summed E-state index contributed by atoms with van der Waals surface area (Å²) in [6.45, 7) is 5.98. The predicted molar refractivity (Wildman–Crippen MR) is 86.7 cm³/mol. The van der Waals surface area contributed by atoms with Gasteiger partial charge in [0, 0.05) is 6.54 Å². The molecular formula is C16H25N3O3. The summed E-state index contributed by atoms with van der Waals surface area (Å²) in [6, 6.07) is 6.52. The normalized spacial score (nSPS) is 11.9. The number of benzene rings is 1. The fourth-order valence-electron chi connectivity index (χ4n) is 1.95. The molecule has 1 atom stereocenters. The van der Waals surface area contributed by atoms with Crippen LogP contribution in [-0.2, 0) is 9.59 Å². The number of para-hydroxylation sites is 2. The van der Waals surface area contributed by atoms with E-state index in [1.165, 1.54) is 12.0 Å². The number of ether oxygens (including phenoxy) is 1. The minimum atomic E-state index is -0.598. The van der Waals surface area contributed by atoms with Crippen LogP contribution in [-0.4, -0.2) is 43.0 Å². The molecule has 0 heterocycles. The zero-order valence-corrected chi connectivity index (χ0v) is 13.6. The second-order valence-electron chi connectivity index (χ2n) is 5.37. The summed E-state index contributed by atoms with van der Waals surface area (Å²) in [4.78, 5) is 25.8. The molecule has 0 aliphatic rings. The van der Waals surface area contributed by atoms with Crippen LogP contribution in [0.2, 0.25) is 0 Å². The Balaban J connectivity index is 2.71. The number of hydrogen-bond acceptors (Lipinski definition) is 4. The summed E-state index contributed by atoms with van der Waals surface area (Å²) in [5.41, 5.74) is 6.44. The van der Waals surface area contributed by atoms with E-state index in [0.717, 1.165) is 0 Å². The number of carbonyl (C=O) groups is 2. The number of carbonyl (C=O) groups excluding carboxylic acids is 2. The van der Waals surface area contributed by atoms with Gasteiger partial charge in [0.25, 0.3) is 0 Å². The molecule has 1 rings (SSSR count). The van der Waals surface area contributed by atoms with Gasteiger partial charge in [0.05, 0.1) is 25.4 Å². The van der Waals surface area contributed by atoms with Gasteiger partial charge >= 0.3 is 0 Å². The molecular weight excluding hydrogens is 282 g/mol. The van der Waals surface area contributed by atoms with E-state index in [9.17, 15) is 9.59 Å². The van der Waals surface area contributed by atoms with Gasteiger partial charge in [-0.15, -0.1) is 0 Å². The van der Waals surface area contributed by atoms with Crippen LogP contribution in [0.15, 0.2) is 24.3 Å². The molecule has 1 aromatic carbocycles. The maximum absolute atomic E-state index is 12.2. The fourth-order valence-corrected chi connectivity index (χ4v) is 1.95. The first-order valence-corrected chi connectivity index (χ1v) is 7.37. The Bertz CT molecular complexity index is 517. The number of anilines is 1. The molecule has 0 radical (unpaired) electrons. The Morgan fingerprint density at radius 1 is 1.32 bits per heavy atom. The molecule has 0 bridgehead atoms. The average molecular weight is 307 g/mol. The Hall–Kier alpha value is -2.08. The molecule has 0 aromatic heterocycles. The molecule has 1 aromatic rings. The van der Waals surface area contributed by atoms with Crippen molar-refractivity contribution in [3.63, 3.8) is 0 Å². The Morgan fingerprint density at radius 3 is 2.50 bits per heavy atom. The highest BCUT2D eigenvalue weighted by Crippen LogP contribution is 2.22. The van der Waals surface area contributed by atoms with Gasteiger partial charge in [-0.25, -0.2) is 0 Å². The number of hydrogen-bond donors (Lipinski definition) is 2. The zero-order valence-electron chi connectivity index (χ0n) is 13.6. The summed E-state index contributed by atoms with van der Waals surface area (Å²) in [7, 11) is 1.54. The first kappa shape index (κ1) is 18.0. The minimum Gasteiger partial charge on any atom is -0.495 e. The van der Waals surface area contributed by atoms with E-state index in [2.05, 4.69) is 5.32 Å². The van der Waals surface area contributed by atoms with Gasteiger partial charge in [0.15, 0.2) is 0 Å². The van der Waals surface area contributed by atoms with Crippen molar-refractivity contribution in [1.82, 2.24) is 4.90 Å². The summed E-state index contributed by atoms with van der Waals surface area (Å²) >= 11 is 0. The second-order valence-corrected chi connectivity index (χ2v) is 5.37. The third-order valence-electron chi connectivity index (χ3n) is 3.41. The van der Waals surface area contributed by atoms with E-state index in [-0.39, 0.29) is 24.3 Å². The van der Waals surface area contributed by atoms with Crippen molar-refractivity contribution >= 4 is 17.5 Å². The number of rotatable bonds is 7. The van der Waals surface area contributed by atoms with Gasteiger partial charge in [0.1, 0.15) is 5.75 Å². The van der Waals surface area contributed by atoms with Crippen molar-refractivity contribution in [2.75, 3.05) is 25.5 Å². The second kappa shape index (κ2) is 8.38. The van der Waals surface area contributed by atoms with Gasteiger partial charge in [-0.1, -0.05) is 26.0 Å². The number of nitrogens with zero attached hydrogens (tertiary/aromatic N) is 1. The Morgan fingerprint density at radius 2 is 1.95 bits per heavy atom. The molecule has 0 spiro atoms. The first-order valence-electron chi connectivity index (χ1n) is 7.37. The van der Waals surface area contributed by atoms with E-state index < -0.39 is 6.04 Å². The van der Waals surface area contributed by atoms with E-state index in [4.69, 9.17) is 10.5 Å². The molecule has 0 saturated carbocycles.